The van der Waals surface area contributed by atoms with Crippen LogP contribution in [0.3, 0.4) is 0 Å². The van der Waals surface area contributed by atoms with Crippen molar-refractivity contribution in [3.8, 4) is 0 Å². The molecule has 0 atom stereocenters. The Bertz CT molecular complexity index is 813. The van der Waals surface area contributed by atoms with Crippen LogP contribution < -0.4 is 0 Å². The van der Waals surface area contributed by atoms with Crippen LogP contribution in [0.2, 0.25) is 0 Å². The lowest BCUT2D eigenvalue weighted by molar-refractivity contribution is -0.126. The van der Waals surface area contributed by atoms with E-state index in [0.717, 1.165) is 34.5 Å². The topological polar surface area (TPSA) is 83.5 Å². The van der Waals surface area contributed by atoms with Gasteiger partial charge >= 0.3 is 0 Å². The molecule has 0 aliphatic carbocycles. The second-order valence-corrected chi connectivity index (χ2v) is 7.26. The molecule has 2 aliphatic heterocycles. The molecule has 0 radical (unpaired) electrons. The van der Waals surface area contributed by atoms with Crippen LogP contribution >= 0.6 is 23.5 Å². The van der Waals surface area contributed by atoms with Gasteiger partial charge in [0.1, 0.15) is 11.0 Å². The lowest BCUT2D eigenvalue weighted by Gasteiger charge is -2.35. The molecule has 0 bridgehead atoms. The molecule has 0 spiro atoms. The minimum Gasteiger partial charge on any atom is -0.338 e. The number of rotatable bonds is 2. The Morgan fingerprint density at radius 1 is 1.12 bits per heavy atom. The molecule has 0 N–H and O–H groups in total. The third-order valence-electron chi connectivity index (χ3n) is 4.40. The first-order chi connectivity index (χ1) is 11.6. The Morgan fingerprint density at radius 2 is 1.88 bits per heavy atom. The van der Waals surface area contributed by atoms with Gasteiger partial charge < -0.3 is 4.90 Å². The molecule has 124 valence electrons. The Kier molecular flexibility index (Phi) is 3.97. The van der Waals surface area contributed by atoms with Gasteiger partial charge in [0.2, 0.25) is 5.91 Å². The number of thioether (sulfide) groups is 1. The summed E-state index contributed by atoms with van der Waals surface area (Å²) < 4.78 is 8.30. The fourth-order valence-electron chi connectivity index (χ4n) is 3.14. The number of carbonyl (C=O) groups excluding carboxylic acids is 3. The Morgan fingerprint density at radius 3 is 2.58 bits per heavy atom. The van der Waals surface area contributed by atoms with Crippen LogP contribution in [0.1, 0.15) is 23.2 Å². The first-order valence-electron chi connectivity index (χ1n) is 7.64. The summed E-state index contributed by atoms with van der Waals surface area (Å²) >= 11 is 2.19. The zero-order valence-corrected chi connectivity index (χ0v) is 14.3. The molecule has 24 heavy (non-hydrogen) atoms. The van der Waals surface area contributed by atoms with E-state index in [1.807, 2.05) is 0 Å². The van der Waals surface area contributed by atoms with Crippen molar-refractivity contribution in [2.24, 2.45) is 0 Å². The third kappa shape index (κ3) is 2.67. The highest BCUT2D eigenvalue weighted by Gasteiger charge is 2.38. The molecule has 9 heteroatoms. The average Bonchev–Trinajstić information content (AvgIpc) is 3.20. The number of likely N-dealkylation sites (tertiary alicyclic amines) is 1. The van der Waals surface area contributed by atoms with Gasteiger partial charge in [0.05, 0.1) is 17.5 Å². The van der Waals surface area contributed by atoms with Gasteiger partial charge in [0, 0.05) is 24.7 Å². The number of hydrogen-bond donors (Lipinski definition) is 0. The quantitative estimate of drug-likeness (QED) is 0.812. The summed E-state index contributed by atoms with van der Waals surface area (Å²) in [6.07, 6.45) is 1.26. The molecule has 3 amide bonds. The molecule has 0 saturated carbocycles. The molecule has 2 saturated heterocycles. The maximum atomic E-state index is 12.7. The number of benzene rings is 1. The number of amides is 3. The summed E-state index contributed by atoms with van der Waals surface area (Å²) in [5, 5.41) is -0.161. The third-order valence-corrected chi connectivity index (χ3v) is 5.79. The average molecular weight is 362 g/mol. The van der Waals surface area contributed by atoms with Crippen molar-refractivity contribution < 1.29 is 14.4 Å². The van der Waals surface area contributed by atoms with E-state index in [1.54, 1.807) is 23.1 Å². The van der Waals surface area contributed by atoms with E-state index in [1.165, 1.54) is 4.90 Å². The van der Waals surface area contributed by atoms with Crippen LogP contribution in [-0.2, 0) is 4.79 Å². The molecule has 1 aromatic carbocycles. The van der Waals surface area contributed by atoms with Gasteiger partial charge in [-0.05, 0) is 31.0 Å². The zero-order valence-electron chi connectivity index (χ0n) is 12.7. The standard InChI is InChI=1S/C15H14N4O3S2/c20-13-8-23-15(22)19(13)10-3-5-18(6-4-10)14(21)9-1-2-11-12(7-9)17-24-16-11/h1-2,7,10H,3-6,8H2. The normalized spacial score (nSPS) is 19.5. The molecular weight excluding hydrogens is 348 g/mol. The van der Waals surface area contributed by atoms with Crippen LogP contribution in [0.5, 0.6) is 0 Å². The Balaban J connectivity index is 1.44. The van der Waals surface area contributed by atoms with E-state index in [9.17, 15) is 14.4 Å². The number of nitrogens with zero attached hydrogens (tertiary/aromatic N) is 4. The number of imide groups is 1. The first-order valence-corrected chi connectivity index (χ1v) is 9.35. The summed E-state index contributed by atoms with van der Waals surface area (Å²) in [7, 11) is 0. The van der Waals surface area contributed by atoms with Crippen LogP contribution in [0, 0.1) is 0 Å². The molecule has 2 aromatic rings. The first kappa shape index (κ1) is 15.5. The number of carbonyl (C=O) groups is 3. The van der Waals surface area contributed by atoms with Crippen molar-refractivity contribution in [1.82, 2.24) is 18.5 Å². The van der Waals surface area contributed by atoms with Gasteiger partial charge in [-0.3, -0.25) is 19.3 Å². The van der Waals surface area contributed by atoms with Gasteiger partial charge in [-0.15, -0.1) is 0 Å². The fraction of sp³-hybridized carbons (Fsp3) is 0.400. The lowest BCUT2D eigenvalue weighted by atomic mass is 10.0. The summed E-state index contributed by atoms with van der Waals surface area (Å²) in [5.41, 5.74) is 2.11. The van der Waals surface area contributed by atoms with E-state index >= 15 is 0 Å². The molecular formula is C15H14N4O3S2. The highest BCUT2D eigenvalue weighted by Crippen LogP contribution is 2.27. The van der Waals surface area contributed by atoms with Crippen LogP contribution in [0.25, 0.3) is 11.0 Å². The van der Waals surface area contributed by atoms with Gasteiger partial charge in [-0.25, -0.2) is 0 Å². The van der Waals surface area contributed by atoms with E-state index in [-0.39, 0.29) is 28.8 Å². The Hall–Kier alpha value is -2.00. The van der Waals surface area contributed by atoms with Gasteiger partial charge in [-0.1, -0.05) is 11.8 Å². The molecule has 2 aliphatic rings. The number of hydrogen-bond acceptors (Lipinski definition) is 7. The lowest BCUT2D eigenvalue weighted by Crippen LogP contribution is -2.48. The molecule has 1 aromatic heterocycles. The maximum absolute atomic E-state index is 12.7. The Labute approximate surface area is 146 Å². The summed E-state index contributed by atoms with van der Waals surface area (Å²) in [6.45, 7) is 1.08. The smallest absolute Gasteiger partial charge is 0.289 e. The SMILES string of the molecule is O=C(c1ccc2nsnc2c1)N1CCC(N2C(=O)CSC2=O)CC1. The van der Waals surface area contributed by atoms with Crippen molar-refractivity contribution >= 4 is 51.6 Å². The van der Waals surface area contributed by atoms with Crippen molar-refractivity contribution in [1.29, 1.82) is 0 Å². The molecule has 7 nitrogen and oxygen atoms in total. The van der Waals surface area contributed by atoms with Crippen LogP contribution in [-0.4, -0.2) is 60.5 Å². The van der Waals surface area contributed by atoms with E-state index in [4.69, 9.17) is 0 Å². The fourth-order valence-corrected chi connectivity index (χ4v) is 4.44. The predicted molar refractivity (Wildman–Crippen MR) is 91.0 cm³/mol. The van der Waals surface area contributed by atoms with Gasteiger partial charge in [-0.2, -0.15) is 8.75 Å². The molecule has 3 heterocycles. The van der Waals surface area contributed by atoms with E-state index in [0.29, 0.717) is 31.5 Å². The predicted octanol–water partition coefficient (Wildman–Crippen LogP) is 1.99. The summed E-state index contributed by atoms with van der Waals surface area (Å²) in [6, 6.07) is 5.24. The highest BCUT2D eigenvalue weighted by molar-refractivity contribution is 8.14. The van der Waals surface area contributed by atoms with Crippen molar-refractivity contribution in [2.45, 2.75) is 18.9 Å². The van der Waals surface area contributed by atoms with Crippen LogP contribution in [0.15, 0.2) is 18.2 Å². The molecule has 0 unspecified atom stereocenters. The largest absolute Gasteiger partial charge is 0.338 e. The zero-order chi connectivity index (χ0) is 16.7. The summed E-state index contributed by atoms with van der Waals surface area (Å²) in [5.74, 6) is 0.0766. The van der Waals surface area contributed by atoms with Crippen molar-refractivity contribution in [3.63, 3.8) is 0 Å². The maximum Gasteiger partial charge on any atom is 0.289 e. The minimum absolute atomic E-state index is 0.0446. The number of piperidine rings is 1. The van der Waals surface area contributed by atoms with Crippen molar-refractivity contribution in [3.05, 3.63) is 23.8 Å². The minimum atomic E-state index is -0.161. The molecule has 4 rings (SSSR count). The summed E-state index contributed by atoms with van der Waals surface area (Å²) in [4.78, 5) is 39.4. The number of aromatic nitrogens is 2. The highest BCUT2D eigenvalue weighted by atomic mass is 32.2. The van der Waals surface area contributed by atoms with Crippen LogP contribution in [0.4, 0.5) is 4.79 Å². The second-order valence-electron chi connectivity index (χ2n) is 5.81. The van der Waals surface area contributed by atoms with E-state index < -0.39 is 0 Å². The second kappa shape index (κ2) is 6.14. The number of fused-ring (bicyclic) bond motifs is 1. The van der Waals surface area contributed by atoms with Crippen molar-refractivity contribution in [2.75, 3.05) is 18.8 Å². The van der Waals surface area contributed by atoms with Gasteiger partial charge in [0.25, 0.3) is 11.1 Å². The van der Waals surface area contributed by atoms with Gasteiger partial charge in [0.15, 0.2) is 0 Å². The molecule has 2 fully saturated rings. The van der Waals surface area contributed by atoms with E-state index in [2.05, 4.69) is 8.75 Å². The monoisotopic (exact) mass is 362 g/mol.